The van der Waals surface area contributed by atoms with Gasteiger partial charge in [-0.3, -0.25) is 4.79 Å². The van der Waals surface area contributed by atoms with Crippen molar-refractivity contribution in [2.24, 2.45) is 5.92 Å². The highest BCUT2D eigenvalue weighted by molar-refractivity contribution is 5.85. The number of hydrogen-bond acceptors (Lipinski definition) is 3. The molecule has 1 aromatic carbocycles. The fourth-order valence-corrected chi connectivity index (χ4v) is 1.91. The van der Waals surface area contributed by atoms with Gasteiger partial charge in [0.15, 0.2) is 0 Å². The molecule has 0 aliphatic carbocycles. The van der Waals surface area contributed by atoms with Crippen molar-refractivity contribution in [3.05, 3.63) is 29.8 Å². The molecule has 0 aliphatic rings. The summed E-state index contributed by atoms with van der Waals surface area (Å²) in [6.07, 6.45) is 0. The van der Waals surface area contributed by atoms with E-state index in [1.807, 2.05) is 12.1 Å². The Kier molecular flexibility index (Phi) is 9.14. The Morgan fingerprint density at radius 2 is 1.82 bits per heavy atom. The molecule has 0 heterocycles. The molecule has 1 rings (SSSR count). The van der Waals surface area contributed by atoms with E-state index in [1.165, 1.54) is 5.56 Å². The lowest BCUT2D eigenvalue weighted by Crippen LogP contribution is -2.40. The van der Waals surface area contributed by atoms with Crippen LogP contribution in [0.1, 0.15) is 33.3 Å². The van der Waals surface area contributed by atoms with Crippen LogP contribution in [0.25, 0.3) is 0 Å². The van der Waals surface area contributed by atoms with Gasteiger partial charge in [-0.25, -0.2) is 0 Å². The number of rotatable bonds is 8. The molecule has 22 heavy (non-hydrogen) atoms. The number of halogens is 1. The third-order valence-corrected chi connectivity index (χ3v) is 3.28. The largest absolute Gasteiger partial charge is 0.493 e. The second-order valence-corrected chi connectivity index (χ2v) is 6.42. The first kappa shape index (κ1) is 20.7. The molecule has 5 heteroatoms. The minimum Gasteiger partial charge on any atom is -0.493 e. The maximum absolute atomic E-state index is 11.5. The van der Waals surface area contributed by atoms with Crippen LogP contribution in [0.5, 0.6) is 5.75 Å². The van der Waals surface area contributed by atoms with Gasteiger partial charge in [0.05, 0.1) is 13.2 Å². The average Bonchev–Trinajstić information content (AvgIpc) is 2.44. The standard InChI is InChI=1S/C17H28N2O2.ClH/c1-13(2)11-21-15-8-6-14(7-9-15)17(3,4)12-19-16(20)10-18-5;/h6-9,13,18H,10-12H2,1-5H3,(H,19,20);1H. The zero-order valence-electron chi connectivity index (χ0n) is 14.2. The van der Waals surface area contributed by atoms with Gasteiger partial charge in [-0.1, -0.05) is 39.8 Å². The van der Waals surface area contributed by atoms with Gasteiger partial charge < -0.3 is 15.4 Å². The van der Waals surface area contributed by atoms with Gasteiger partial charge >= 0.3 is 0 Å². The van der Waals surface area contributed by atoms with E-state index >= 15 is 0 Å². The third kappa shape index (κ3) is 7.14. The average molecular weight is 329 g/mol. The maximum atomic E-state index is 11.5. The van der Waals surface area contributed by atoms with E-state index in [0.29, 0.717) is 19.0 Å². The van der Waals surface area contributed by atoms with Gasteiger partial charge in [-0.15, -0.1) is 12.4 Å². The monoisotopic (exact) mass is 328 g/mol. The molecule has 0 radical (unpaired) electrons. The lowest BCUT2D eigenvalue weighted by atomic mass is 9.84. The van der Waals surface area contributed by atoms with Crippen molar-refractivity contribution in [3.63, 3.8) is 0 Å². The summed E-state index contributed by atoms with van der Waals surface area (Å²) >= 11 is 0. The minimum absolute atomic E-state index is 0. The van der Waals surface area contributed by atoms with Crippen molar-refractivity contribution in [2.75, 3.05) is 26.7 Å². The fraction of sp³-hybridized carbons (Fsp3) is 0.588. The first-order valence-electron chi connectivity index (χ1n) is 7.50. The molecule has 2 N–H and O–H groups in total. The molecule has 0 aromatic heterocycles. The molecule has 0 unspecified atom stereocenters. The molecule has 0 atom stereocenters. The van der Waals surface area contributed by atoms with E-state index in [-0.39, 0.29) is 23.7 Å². The van der Waals surface area contributed by atoms with Gasteiger partial charge in [-0.2, -0.15) is 0 Å². The molecule has 1 aromatic rings. The van der Waals surface area contributed by atoms with Crippen molar-refractivity contribution in [2.45, 2.75) is 33.1 Å². The molecule has 4 nitrogen and oxygen atoms in total. The lowest BCUT2D eigenvalue weighted by Gasteiger charge is -2.26. The maximum Gasteiger partial charge on any atom is 0.233 e. The Morgan fingerprint density at radius 1 is 1.23 bits per heavy atom. The van der Waals surface area contributed by atoms with Crippen LogP contribution in [-0.4, -0.2) is 32.7 Å². The fourth-order valence-electron chi connectivity index (χ4n) is 1.91. The zero-order valence-corrected chi connectivity index (χ0v) is 15.0. The highest BCUT2D eigenvalue weighted by Gasteiger charge is 2.21. The molecule has 1 amide bonds. The first-order valence-corrected chi connectivity index (χ1v) is 7.50. The predicted octanol–water partition coefficient (Wildman–Crippen LogP) is 2.76. The van der Waals surface area contributed by atoms with Crippen LogP contribution < -0.4 is 15.4 Å². The van der Waals surface area contributed by atoms with Gasteiger partial charge in [0.25, 0.3) is 0 Å². The summed E-state index contributed by atoms with van der Waals surface area (Å²) in [6, 6.07) is 8.13. The second kappa shape index (κ2) is 9.70. The summed E-state index contributed by atoms with van der Waals surface area (Å²) in [4.78, 5) is 11.5. The van der Waals surface area contributed by atoms with Gasteiger partial charge in [-0.05, 0) is 30.7 Å². The van der Waals surface area contributed by atoms with Crippen LogP contribution in [-0.2, 0) is 10.2 Å². The van der Waals surface area contributed by atoms with E-state index in [1.54, 1.807) is 7.05 Å². The summed E-state index contributed by atoms with van der Waals surface area (Å²) in [6.45, 7) is 10.2. The molecule has 0 spiro atoms. The molecular weight excluding hydrogens is 300 g/mol. The number of likely N-dealkylation sites (N-methyl/N-ethyl adjacent to an activating group) is 1. The van der Waals surface area contributed by atoms with Crippen molar-refractivity contribution in [1.82, 2.24) is 10.6 Å². The number of carbonyl (C=O) groups is 1. The lowest BCUT2D eigenvalue weighted by molar-refractivity contribution is -0.120. The van der Waals surface area contributed by atoms with Gasteiger partial charge in [0, 0.05) is 12.0 Å². The van der Waals surface area contributed by atoms with Crippen molar-refractivity contribution in [3.8, 4) is 5.75 Å². The number of nitrogens with one attached hydrogen (secondary N) is 2. The number of hydrogen-bond donors (Lipinski definition) is 2. The minimum atomic E-state index is -0.111. The molecule has 0 fully saturated rings. The SMILES string of the molecule is CNCC(=O)NCC(C)(C)c1ccc(OCC(C)C)cc1.Cl. The van der Waals surface area contributed by atoms with Crippen LogP contribution in [0, 0.1) is 5.92 Å². The van der Waals surface area contributed by atoms with E-state index in [2.05, 4.69) is 50.5 Å². The topological polar surface area (TPSA) is 50.4 Å². The Bertz CT molecular complexity index is 444. The van der Waals surface area contributed by atoms with Crippen LogP contribution >= 0.6 is 12.4 Å². The number of amides is 1. The van der Waals surface area contributed by atoms with Gasteiger partial charge in [0.2, 0.25) is 5.91 Å². The molecule has 0 aliphatic heterocycles. The molecule has 0 saturated heterocycles. The smallest absolute Gasteiger partial charge is 0.233 e. The molecular formula is C17H29ClN2O2. The quantitative estimate of drug-likeness (QED) is 0.771. The van der Waals surface area contributed by atoms with Crippen LogP contribution in [0.4, 0.5) is 0 Å². The molecule has 0 bridgehead atoms. The summed E-state index contributed by atoms with van der Waals surface area (Å²) in [5.41, 5.74) is 1.07. The Morgan fingerprint density at radius 3 is 2.32 bits per heavy atom. The van der Waals surface area contributed by atoms with Gasteiger partial charge in [0.1, 0.15) is 5.75 Å². The summed E-state index contributed by atoms with van der Waals surface area (Å²) < 4.78 is 5.69. The summed E-state index contributed by atoms with van der Waals surface area (Å²) in [5, 5.41) is 5.79. The van der Waals surface area contributed by atoms with Crippen LogP contribution in [0.3, 0.4) is 0 Å². The Hall–Kier alpha value is -1.26. The van der Waals surface area contributed by atoms with E-state index < -0.39 is 0 Å². The van der Waals surface area contributed by atoms with Crippen molar-refractivity contribution in [1.29, 1.82) is 0 Å². The van der Waals surface area contributed by atoms with E-state index in [9.17, 15) is 4.79 Å². The number of ether oxygens (including phenoxy) is 1. The second-order valence-electron chi connectivity index (χ2n) is 6.42. The van der Waals surface area contributed by atoms with E-state index in [0.717, 1.165) is 12.4 Å². The highest BCUT2D eigenvalue weighted by atomic mass is 35.5. The highest BCUT2D eigenvalue weighted by Crippen LogP contribution is 2.24. The molecule has 0 saturated carbocycles. The third-order valence-electron chi connectivity index (χ3n) is 3.28. The number of carbonyl (C=O) groups excluding carboxylic acids is 1. The summed E-state index contributed by atoms with van der Waals surface area (Å²) in [7, 11) is 1.76. The predicted molar refractivity (Wildman–Crippen MR) is 94.0 cm³/mol. The summed E-state index contributed by atoms with van der Waals surface area (Å²) in [5.74, 6) is 1.42. The van der Waals surface area contributed by atoms with Crippen molar-refractivity contribution < 1.29 is 9.53 Å². The van der Waals surface area contributed by atoms with E-state index in [4.69, 9.17) is 4.74 Å². The number of benzene rings is 1. The first-order chi connectivity index (χ1) is 9.85. The van der Waals surface area contributed by atoms with Crippen LogP contribution in [0.15, 0.2) is 24.3 Å². The Balaban J connectivity index is 0.00000441. The normalized spacial score (nSPS) is 11.0. The van der Waals surface area contributed by atoms with Crippen molar-refractivity contribution >= 4 is 18.3 Å². The molecule has 126 valence electrons. The Labute approximate surface area is 140 Å². The van der Waals surface area contributed by atoms with Crippen LogP contribution in [0.2, 0.25) is 0 Å². The zero-order chi connectivity index (χ0) is 15.9.